The number of hydrogen-bond donors (Lipinski definition) is 1. The summed E-state index contributed by atoms with van der Waals surface area (Å²) < 4.78 is 6.67. The highest BCUT2D eigenvalue weighted by Crippen LogP contribution is 2.35. The molecule has 0 aliphatic heterocycles. The van der Waals surface area contributed by atoms with Gasteiger partial charge in [-0.25, -0.2) is 0 Å². The van der Waals surface area contributed by atoms with Crippen LogP contribution < -0.4 is 4.74 Å². The Labute approximate surface area is 116 Å². The Kier molecular flexibility index (Phi) is 3.76. The quantitative estimate of drug-likeness (QED) is 0.929. The fraction of sp³-hybridized carbons (Fsp3) is 0.357. The molecule has 18 heavy (non-hydrogen) atoms. The van der Waals surface area contributed by atoms with Crippen molar-refractivity contribution >= 4 is 15.9 Å². The number of aromatic amines is 1. The van der Waals surface area contributed by atoms with Crippen LogP contribution in [0.3, 0.4) is 0 Å². The fourth-order valence-corrected chi connectivity index (χ4v) is 2.07. The molecule has 1 aromatic heterocycles. The normalized spacial score (nSPS) is 11.6. The zero-order valence-corrected chi connectivity index (χ0v) is 12.4. The molecule has 0 amide bonds. The van der Waals surface area contributed by atoms with E-state index in [1.165, 1.54) is 0 Å². The van der Waals surface area contributed by atoms with Crippen molar-refractivity contribution < 1.29 is 4.74 Å². The third-order valence-corrected chi connectivity index (χ3v) is 3.15. The highest BCUT2D eigenvalue weighted by atomic mass is 79.9. The van der Waals surface area contributed by atoms with Crippen molar-refractivity contribution in [1.29, 1.82) is 0 Å². The molecule has 2 rings (SSSR count). The van der Waals surface area contributed by atoms with Gasteiger partial charge in [0.2, 0.25) is 0 Å². The molecular formula is C14H17BrN2O. The molecule has 0 spiro atoms. The van der Waals surface area contributed by atoms with E-state index < -0.39 is 0 Å². The molecule has 4 heteroatoms. The Bertz CT molecular complexity index is 514. The molecule has 0 saturated carbocycles. The monoisotopic (exact) mass is 308 g/mol. The van der Waals surface area contributed by atoms with E-state index in [0.29, 0.717) is 6.61 Å². The number of nitrogens with one attached hydrogen (secondary N) is 1. The molecule has 2 aromatic rings. The zero-order valence-electron chi connectivity index (χ0n) is 10.8. The minimum absolute atomic E-state index is 0.0471. The first kappa shape index (κ1) is 13.1. The predicted octanol–water partition coefficient (Wildman–Crippen LogP) is 4.05. The molecule has 3 nitrogen and oxygen atoms in total. The Morgan fingerprint density at radius 2 is 1.89 bits per heavy atom. The first-order valence-corrected chi connectivity index (χ1v) is 6.69. The van der Waals surface area contributed by atoms with Crippen LogP contribution in [-0.4, -0.2) is 10.2 Å². The number of hydrogen-bond acceptors (Lipinski definition) is 2. The minimum Gasteiger partial charge on any atom is -0.484 e. The van der Waals surface area contributed by atoms with E-state index in [0.717, 1.165) is 21.6 Å². The van der Waals surface area contributed by atoms with Crippen LogP contribution >= 0.6 is 15.9 Å². The highest BCUT2D eigenvalue weighted by molar-refractivity contribution is 9.10. The van der Waals surface area contributed by atoms with Gasteiger partial charge < -0.3 is 4.74 Å². The lowest BCUT2D eigenvalue weighted by molar-refractivity contribution is 0.295. The van der Waals surface area contributed by atoms with Crippen LogP contribution in [0.15, 0.2) is 34.9 Å². The molecule has 1 heterocycles. The molecule has 0 saturated heterocycles. The van der Waals surface area contributed by atoms with Crippen molar-refractivity contribution in [3.63, 3.8) is 0 Å². The second-order valence-electron chi connectivity index (χ2n) is 5.24. The maximum Gasteiger partial charge on any atom is 0.175 e. The molecular weight excluding hydrogens is 292 g/mol. The van der Waals surface area contributed by atoms with E-state index in [1.807, 2.05) is 30.3 Å². The largest absolute Gasteiger partial charge is 0.484 e. The first-order valence-electron chi connectivity index (χ1n) is 5.89. The fourth-order valence-electron chi connectivity index (χ4n) is 1.68. The van der Waals surface area contributed by atoms with Gasteiger partial charge in [-0.15, -0.1) is 0 Å². The number of nitrogens with zero attached hydrogens (tertiary/aromatic N) is 1. The highest BCUT2D eigenvalue weighted by Gasteiger charge is 2.24. The van der Waals surface area contributed by atoms with Crippen LogP contribution in [0.1, 0.15) is 32.0 Å². The van der Waals surface area contributed by atoms with Crippen LogP contribution in [0.4, 0.5) is 0 Å². The lowest BCUT2D eigenvalue weighted by atomic mass is 9.92. The Balaban J connectivity index is 2.17. The summed E-state index contributed by atoms with van der Waals surface area (Å²) >= 11 is 3.44. The third-order valence-electron chi connectivity index (χ3n) is 2.62. The van der Waals surface area contributed by atoms with Gasteiger partial charge in [0.05, 0.1) is 0 Å². The van der Waals surface area contributed by atoms with Gasteiger partial charge in [0.1, 0.15) is 16.9 Å². The van der Waals surface area contributed by atoms with Crippen molar-refractivity contribution in [3.05, 3.63) is 46.2 Å². The van der Waals surface area contributed by atoms with Crippen LogP contribution in [0.5, 0.6) is 5.75 Å². The summed E-state index contributed by atoms with van der Waals surface area (Å²) in [7, 11) is 0. The topological polar surface area (TPSA) is 37.9 Å². The summed E-state index contributed by atoms with van der Waals surface area (Å²) in [6.45, 7) is 6.89. The SMILES string of the molecule is CC(C)(C)c1n[nH]c(Br)c1OCc1ccccc1. The van der Waals surface area contributed by atoms with E-state index >= 15 is 0 Å². The first-order chi connectivity index (χ1) is 8.48. The van der Waals surface area contributed by atoms with Gasteiger partial charge in [-0.2, -0.15) is 5.10 Å². The van der Waals surface area contributed by atoms with Gasteiger partial charge in [0.15, 0.2) is 5.75 Å². The average Bonchev–Trinajstić information content (AvgIpc) is 2.69. The standard InChI is InChI=1S/C14H17BrN2O/c1-14(2,3)12-11(13(15)17-16-12)18-9-10-7-5-4-6-8-10/h4-8H,9H2,1-3H3,(H,16,17). The second-order valence-corrected chi connectivity index (χ2v) is 6.03. The predicted molar refractivity (Wildman–Crippen MR) is 75.8 cm³/mol. The average molecular weight is 309 g/mol. The van der Waals surface area contributed by atoms with Gasteiger partial charge in [0.25, 0.3) is 0 Å². The number of rotatable bonds is 3. The zero-order chi connectivity index (χ0) is 13.2. The van der Waals surface area contributed by atoms with Crippen LogP contribution in [0, 0.1) is 0 Å². The molecule has 0 unspecified atom stereocenters. The summed E-state index contributed by atoms with van der Waals surface area (Å²) in [5, 5.41) is 7.22. The molecule has 1 aromatic carbocycles. The van der Waals surface area contributed by atoms with Gasteiger partial charge in [0, 0.05) is 5.41 Å². The molecule has 0 radical (unpaired) electrons. The van der Waals surface area contributed by atoms with E-state index in [9.17, 15) is 0 Å². The second kappa shape index (κ2) is 5.14. The number of halogens is 1. The molecule has 0 atom stereocenters. The lowest BCUT2D eigenvalue weighted by Crippen LogP contribution is -2.13. The number of ether oxygens (including phenoxy) is 1. The Morgan fingerprint density at radius 3 is 2.50 bits per heavy atom. The van der Waals surface area contributed by atoms with E-state index in [-0.39, 0.29) is 5.41 Å². The third kappa shape index (κ3) is 2.93. The van der Waals surface area contributed by atoms with Crippen molar-refractivity contribution in [2.24, 2.45) is 0 Å². The minimum atomic E-state index is -0.0471. The van der Waals surface area contributed by atoms with E-state index in [4.69, 9.17) is 4.74 Å². The maximum absolute atomic E-state index is 5.88. The van der Waals surface area contributed by atoms with E-state index in [1.54, 1.807) is 0 Å². The molecule has 96 valence electrons. The molecule has 0 aliphatic rings. The summed E-state index contributed by atoms with van der Waals surface area (Å²) in [5.41, 5.74) is 2.03. The molecule has 0 fully saturated rings. The Hall–Kier alpha value is -1.29. The summed E-state index contributed by atoms with van der Waals surface area (Å²) in [6, 6.07) is 10.1. The maximum atomic E-state index is 5.88. The smallest absolute Gasteiger partial charge is 0.175 e. The van der Waals surface area contributed by atoms with Crippen LogP contribution in [0.2, 0.25) is 0 Å². The molecule has 1 N–H and O–H groups in total. The molecule has 0 bridgehead atoms. The van der Waals surface area contributed by atoms with Gasteiger partial charge >= 0.3 is 0 Å². The number of aromatic nitrogens is 2. The summed E-state index contributed by atoms with van der Waals surface area (Å²) in [4.78, 5) is 0. The lowest BCUT2D eigenvalue weighted by Gasteiger charge is -2.17. The summed E-state index contributed by atoms with van der Waals surface area (Å²) in [5.74, 6) is 0.798. The Morgan fingerprint density at radius 1 is 1.22 bits per heavy atom. The van der Waals surface area contributed by atoms with Crippen LogP contribution in [0.25, 0.3) is 0 Å². The van der Waals surface area contributed by atoms with Gasteiger partial charge in [-0.3, -0.25) is 5.10 Å². The summed E-state index contributed by atoms with van der Waals surface area (Å²) in [6.07, 6.45) is 0. The van der Waals surface area contributed by atoms with Gasteiger partial charge in [-0.05, 0) is 21.5 Å². The van der Waals surface area contributed by atoms with Crippen LogP contribution in [-0.2, 0) is 12.0 Å². The number of H-pyrrole nitrogens is 1. The van der Waals surface area contributed by atoms with Gasteiger partial charge in [-0.1, -0.05) is 51.1 Å². The number of benzene rings is 1. The molecule has 0 aliphatic carbocycles. The van der Waals surface area contributed by atoms with Crippen molar-refractivity contribution in [1.82, 2.24) is 10.2 Å². The van der Waals surface area contributed by atoms with Crippen molar-refractivity contribution in [3.8, 4) is 5.75 Å². The van der Waals surface area contributed by atoms with E-state index in [2.05, 4.69) is 46.9 Å². The van der Waals surface area contributed by atoms with Crippen molar-refractivity contribution in [2.75, 3.05) is 0 Å². The van der Waals surface area contributed by atoms with Crippen molar-refractivity contribution in [2.45, 2.75) is 32.8 Å².